The van der Waals surface area contributed by atoms with Gasteiger partial charge in [-0.15, -0.1) is 11.8 Å². The average molecular weight is 248 g/mol. The number of pyridine rings is 1. The molecule has 0 radical (unpaired) electrons. The van der Waals surface area contributed by atoms with Crippen molar-refractivity contribution in [1.82, 2.24) is 4.98 Å². The standard InChI is InChI=1S/C13H16N2OS/c1-9-7-13(12(8-14)10(2)15-9)17-11-3-5-16-6-4-11/h7,11H,3-6H2,1-2H3. The minimum absolute atomic E-state index is 0.567. The SMILES string of the molecule is Cc1cc(SC2CCOCC2)c(C#N)c(C)n1. The molecule has 1 saturated heterocycles. The smallest absolute Gasteiger partial charge is 0.102 e. The van der Waals surface area contributed by atoms with Gasteiger partial charge in [0.1, 0.15) is 6.07 Å². The number of nitrogens with zero attached hydrogens (tertiary/aromatic N) is 2. The first-order valence-electron chi connectivity index (χ1n) is 5.83. The maximum Gasteiger partial charge on any atom is 0.102 e. The molecule has 0 unspecified atom stereocenters. The summed E-state index contributed by atoms with van der Waals surface area (Å²) in [6, 6.07) is 4.29. The van der Waals surface area contributed by atoms with Crippen LogP contribution in [-0.4, -0.2) is 23.4 Å². The van der Waals surface area contributed by atoms with Crippen molar-refractivity contribution in [3.05, 3.63) is 23.0 Å². The minimum atomic E-state index is 0.567. The summed E-state index contributed by atoms with van der Waals surface area (Å²) < 4.78 is 5.35. The van der Waals surface area contributed by atoms with E-state index in [0.717, 1.165) is 47.9 Å². The molecule has 1 aliphatic heterocycles. The molecule has 0 saturated carbocycles. The van der Waals surface area contributed by atoms with Gasteiger partial charge in [-0.2, -0.15) is 5.26 Å². The first kappa shape index (κ1) is 12.4. The molecule has 0 atom stereocenters. The van der Waals surface area contributed by atoms with E-state index in [1.807, 2.05) is 19.9 Å². The number of aromatic nitrogens is 1. The number of aryl methyl sites for hydroxylation is 2. The molecule has 1 aromatic heterocycles. The highest BCUT2D eigenvalue weighted by atomic mass is 32.2. The van der Waals surface area contributed by atoms with E-state index < -0.39 is 0 Å². The molecule has 0 aliphatic carbocycles. The quantitative estimate of drug-likeness (QED) is 0.807. The number of hydrogen-bond acceptors (Lipinski definition) is 4. The lowest BCUT2D eigenvalue weighted by Crippen LogP contribution is -2.17. The van der Waals surface area contributed by atoms with E-state index >= 15 is 0 Å². The number of hydrogen-bond donors (Lipinski definition) is 0. The van der Waals surface area contributed by atoms with Gasteiger partial charge in [0, 0.05) is 29.1 Å². The summed E-state index contributed by atoms with van der Waals surface area (Å²) in [6.45, 7) is 5.55. The number of nitriles is 1. The van der Waals surface area contributed by atoms with Crippen molar-refractivity contribution in [1.29, 1.82) is 5.26 Å². The van der Waals surface area contributed by atoms with Gasteiger partial charge in [-0.25, -0.2) is 0 Å². The second-order valence-electron chi connectivity index (χ2n) is 4.26. The molecule has 1 aromatic rings. The van der Waals surface area contributed by atoms with Gasteiger partial charge in [-0.3, -0.25) is 4.98 Å². The van der Waals surface area contributed by atoms with E-state index in [0.29, 0.717) is 5.25 Å². The van der Waals surface area contributed by atoms with Gasteiger partial charge in [-0.1, -0.05) is 0 Å². The zero-order valence-electron chi connectivity index (χ0n) is 10.2. The zero-order valence-corrected chi connectivity index (χ0v) is 11.0. The highest BCUT2D eigenvalue weighted by Crippen LogP contribution is 2.33. The van der Waals surface area contributed by atoms with Gasteiger partial charge in [-0.05, 0) is 32.8 Å². The van der Waals surface area contributed by atoms with Gasteiger partial charge in [0.2, 0.25) is 0 Å². The summed E-state index contributed by atoms with van der Waals surface area (Å²) in [4.78, 5) is 5.41. The lowest BCUT2D eigenvalue weighted by Gasteiger charge is -2.22. The van der Waals surface area contributed by atoms with Gasteiger partial charge < -0.3 is 4.74 Å². The van der Waals surface area contributed by atoms with Crippen LogP contribution >= 0.6 is 11.8 Å². The molecule has 2 heterocycles. The van der Waals surface area contributed by atoms with E-state index in [1.165, 1.54) is 0 Å². The third-order valence-corrected chi connectivity index (χ3v) is 4.25. The van der Waals surface area contributed by atoms with Crippen LogP contribution in [0.5, 0.6) is 0 Å². The summed E-state index contributed by atoms with van der Waals surface area (Å²) in [7, 11) is 0. The van der Waals surface area contributed by atoms with E-state index in [1.54, 1.807) is 11.8 Å². The van der Waals surface area contributed by atoms with Gasteiger partial charge >= 0.3 is 0 Å². The minimum Gasteiger partial charge on any atom is -0.381 e. The fourth-order valence-corrected chi connectivity index (χ4v) is 3.33. The highest BCUT2D eigenvalue weighted by Gasteiger charge is 2.18. The van der Waals surface area contributed by atoms with Crippen molar-refractivity contribution >= 4 is 11.8 Å². The van der Waals surface area contributed by atoms with Crippen LogP contribution in [0.4, 0.5) is 0 Å². The van der Waals surface area contributed by atoms with Crippen LogP contribution < -0.4 is 0 Å². The van der Waals surface area contributed by atoms with Crippen molar-refractivity contribution in [2.24, 2.45) is 0 Å². The Morgan fingerprint density at radius 2 is 2.12 bits per heavy atom. The first-order chi connectivity index (χ1) is 8.20. The van der Waals surface area contributed by atoms with E-state index in [4.69, 9.17) is 4.74 Å². The average Bonchev–Trinajstić information content (AvgIpc) is 2.30. The molecule has 0 amide bonds. The first-order valence-corrected chi connectivity index (χ1v) is 6.71. The number of rotatable bonds is 2. The Balaban J connectivity index is 2.22. The molecule has 90 valence electrons. The second-order valence-corrected chi connectivity index (χ2v) is 5.61. The Morgan fingerprint density at radius 1 is 1.41 bits per heavy atom. The molecule has 2 rings (SSSR count). The summed E-state index contributed by atoms with van der Waals surface area (Å²) in [5, 5.41) is 9.76. The summed E-state index contributed by atoms with van der Waals surface area (Å²) >= 11 is 1.80. The van der Waals surface area contributed by atoms with Gasteiger partial charge in [0.05, 0.1) is 11.3 Å². The Bertz CT molecular complexity index is 447. The lowest BCUT2D eigenvalue weighted by atomic mass is 10.2. The van der Waals surface area contributed by atoms with Crippen LogP contribution in [0.3, 0.4) is 0 Å². The van der Waals surface area contributed by atoms with Crippen LogP contribution in [0.2, 0.25) is 0 Å². The Labute approximate surface area is 106 Å². The lowest BCUT2D eigenvalue weighted by molar-refractivity contribution is 0.100. The highest BCUT2D eigenvalue weighted by molar-refractivity contribution is 8.00. The maximum atomic E-state index is 9.19. The van der Waals surface area contributed by atoms with E-state index in [2.05, 4.69) is 11.1 Å². The Morgan fingerprint density at radius 3 is 2.76 bits per heavy atom. The van der Waals surface area contributed by atoms with Crippen molar-refractivity contribution in [3.63, 3.8) is 0 Å². The maximum absolute atomic E-state index is 9.19. The van der Waals surface area contributed by atoms with Crippen molar-refractivity contribution < 1.29 is 4.74 Å². The largest absolute Gasteiger partial charge is 0.381 e. The monoisotopic (exact) mass is 248 g/mol. The van der Waals surface area contributed by atoms with Crippen LogP contribution in [-0.2, 0) is 4.74 Å². The molecular weight excluding hydrogens is 232 g/mol. The molecule has 0 N–H and O–H groups in total. The fraction of sp³-hybridized carbons (Fsp3) is 0.538. The molecule has 17 heavy (non-hydrogen) atoms. The molecule has 0 aromatic carbocycles. The Hall–Kier alpha value is -1.05. The normalized spacial score (nSPS) is 16.8. The van der Waals surface area contributed by atoms with Gasteiger partial charge in [0.15, 0.2) is 0 Å². The van der Waals surface area contributed by atoms with E-state index in [-0.39, 0.29) is 0 Å². The number of thioether (sulfide) groups is 1. The summed E-state index contributed by atoms with van der Waals surface area (Å²) in [6.07, 6.45) is 2.13. The molecule has 0 bridgehead atoms. The predicted octanol–water partition coefficient (Wildman–Crippen LogP) is 2.84. The summed E-state index contributed by atoms with van der Waals surface area (Å²) in [5.41, 5.74) is 2.55. The number of ether oxygens (including phenoxy) is 1. The fourth-order valence-electron chi connectivity index (χ4n) is 2.00. The predicted molar refractivity (Wildman–Crippen MR) is 68.1 cm³/mol. The molecule has 3 nitrogen and oxygen atoms in total. The molecule has 4 heteroatoms. The third kappa shape index (κ3) is 2.99. The van der Waals surface area contributed by atoms with Crippen LogP contribution in [0.15, 0.2) is 11.0 Å². The van der Waals surface area contributed by atoms with Crippen LogP contribution in [0, 0.1) is 25.2 Å². The van der Waals surface area contributed by atoms with Crippen molar-refractivity contribution in [3.8, 4) is 6.07 Å². The van der Waals surface area contributed by atoms with Crippen molar-refractivity contribution in [2.45, 2.75) is 36.8 Å². The molecule has 1 aliphatic rings. The second kappa shape index (κ2) is 5.52. The summed E-state index contributed by atoms with van der Waals surface area (Å²) in [5.74, 6) is 0. The zero-order chi connectivity index (χ0) is 12.3. The molecular formula is C13H16N2OS. The van der Waals surface area contributed by atoms with Crippen LogP contribution in [0.25, 0.3) is 0 Å². The van der Waals surface area contributed by atoms with Gasteiger partial charge in [0.25, 0.3) is 0 Å². The van der Waals surface area contributed by atoms with Crippen LogP contribution in [0.1, 0.15) is 29.8 Å². The van der Waals surface area contributed by atoms with E-state index in [9.17, 15) is 5.26 Å². The Kier molecular flexibility index (Phi) is 4.03. The topological polar surface area (TPSA) is 45.9 Å². The molecule has 0 spiro atoms. The van der Waals surface area contributed by atoms with Crippen molar-refractivity contribution in [2.75, 3.05) is 13.2 Å². The molecule has 1 fully saturated rings. The third-order valence-electron chi connectivity index (χ3n) is 2.87.